The number of fused-ring (bicyclic) bond motifs is 1. The Labute approximate surface area is 127 Å². The van der Waals surface area contributed by atoms with Gasteiger partial charge in [0.1, 0.15) is 0 Å². The number of carbonyl (C=O) groups excluding carboxylic acids is 2. The van der Waals surface area contributed by atoms with Crippen LogP contribution < -0.4 is 20.1 Å². The highest BCUT2D eigenvalue weighted by atomic mass is 16.7. The van der Waals surface area contributed by atoms with Gasteiger partial charge in [-0.1, -0.05) is 12.8 Å². The molecule has 0 aromatic heterocycles. The molecule has 3 rings (SSSR count). The van der Waals surface area contributed by atoms with Gasteiger partial charge in [0.05, 0.1) is 5.60 Å². The first-order valence-corrected chi connectivity index (χ1v) is 7.27. The van der Waals surface area contributed by atoms with Crippen LogP contribution in [0.3, 0.4) is 0 Å². The van der Waals surface area contributed by atoms with Crippen molar-refractivity contribution in [3.8, 4) is 11.5 Å². The Morgan fingerprint density at radius 1 is 1.14 bits per heavy atom. The molecule has 1 fully saturated rings. The van der Waals surface area contributed by atoms with Gasteiger partial charge in [-0.3, -0.25) is 9.59 Å². The van der Waals surface area contributed by atoms with Crippen molar-refractivity contribution in [1.29, 1.82) is 0 Å². The molecule has 1 aromatic rings. The van der Waals surface area contributed by atoms with Crippen molar-refractivity contribution in [3.63, 3.8) is 0 Å². The first-order valence-electron chi connectivity index (χ1n) is 7.27. The molecule has 0 unspecified atom stereocenters. The van der Waals surface area contributed by atoms with Crippen LogP contribution in [0, 0.1) is 0 Å². The fourth-order valence-corrected chi connectivity index (χ4v) is 2.70. The molecule has 118 valence electrons. The molecule has 1 aliphatic carbocycles. The molecule has 2 aliphatic rings. The van der Waals surface area contributed by atoms with Gasteiger partial charge in [-0.2, -0.15) is 0 Å². The van der Waals surface area contributed by atoms with Crippen LogP contribution in [-0.4, -0.2) is 35.9 Å². The summed E-state index contributed by atoms with van der Waals surface area (Å²) in [6.45, 7) is 0.242. The van der Waals surface area contributed by atoms with E-state index in [4.69, 9.17) is 9.47 Å². The summed E-state index contributed by atoms with van der Waals surface area (Å²) in [6.07, 6.45) is 3.18. The lowest BCUT2D eigenvalue weighted by molar-refractivity contribution is -0.136. The Kier molecular flexibility index (Phi) is 3.89. The highest BCUT2D eigenvalue weighted by Gasteiger charge is 2.32. The summed E-state index contributed by atoms with van der Waals surface area (Å²) in [5, 5.41) is 15.1. The van der Waals surface area contributed by atoms with Gasteiger partial charge in [-0.05, 0) is 25.0 Å². The van der Waals surface area contributed by atoms with E-state index in [1.54, 1.807) is 18.2 Å². The molecular formula is C15H18N2O5. The molecule has 0 saturated heterocycles. The second-order valence-corrected chi connectivity index (χ2v) is 5.64. The Hall–Kier alpha value is -2.28. The van der Waals surface area contributed by atoms with Crippen LogP contribution in [0.5, 0.6) is 11.5 Å². The monoisotopic (exact) mass is 306 g/mol. The summed E-state index contributed by atoms with van der Waals surface area (Å²) in [7, 11) is 0. The number of benzene rings is 1. The van der Waals surface area contributed by atoms with Crippen LogP contribution in [0.2, 0.25) is 0 Å². The number of rotatable bonds is 3. The molecule has 0 bridgehead atoms. The van der Waals surface area contributed by atoms with Crippen LogP contribution in [0.4, 0.5) is 5.69 Å². The summed E-state index contributed by atoms with van der Waals surface area (Å²) in [4.78, 5) is 23.6. The molecule has 7 nitrogen and oxygen atoms in total. The molecule has 1 saturated carbocycles. The predicted octanol–water partition coefficient (Wildman–Crippen LogP) is 0.775. The Balaban J connectivity index is 1.54. The number of aliphatic hydroxyl groups is 1. The van der Waals surface area contributed by atoms with Gasteiger partial charge in [-0.25, -0.2) is 0 Å². The lowest BCUT2D eigenvalue weighted by Gasteiger charge is -2.22. The Morgan fingerprint density at radius 3 is 2.64 bits per heavy atom. The number of nitrogens with one attached hydrogen (secondary N) is 2. The SMILES string of the molecule is O=C(NCC1(O)CCCC1)C(=O)Nc1ccc2c(c1)OCO2. The molecular weight excluding hydrogens is 288 g/mol. The number of carbonyl (C=O) groups is 2. The first-order chi connectivity index (χ1) is 10.6. The quantitative estimate of drug-likeness (QED) is 0.717. The third-order valence-electron chi connectivity index (χ3n) is 3.95. The molecule has 1 aliphatic heterocycles. The summed E-state index contributed by atoms with van der Waals surface area (Å²) in [6, 6.07) is 4.89. The maximum Gasteiger partial charge on any atom is 0.313 e. The standard InChI is InChI=1S/C15H18N2O5/c18-13(16-8-15(20)5-1-2-6-15)14(19)17-10-3-4-11-12(7-10)22-9-21-11/h3-4,7,20H,1-2,5-6,8-9H2,(H,16,18)(H,17,19). The molecule has 0 spiro atoms. The van der Waals surface area contributed by atoms with Crippen LogP contribution >= 0.6 is 0 Å². The average Bonchev–Trinajstić information content (AvgIpc) is 3.13. The number of ether oxygens (including phenoxy) is 2. The first kappa shape index (κ1) is 14.6. The Morgan fingerprint density at radius 2 is 1.86 bits per heavy atom. The second kappa shape index (κ2) is 5.84. The lowest BCUT2D eigenvalue weighted by Crippen LogP contribution is -2.44. The zero-order chi connectivity index (χ0) is 15.6. The maximum atomic E-state index is 11.8. The lowest BCUT2D eigenvalue weighted by atomic mass is 10.0. The molecule has 3 N–H and O–H groups in total. The van der Waals surface area contributed by atoms with Crippen molar-refractivity contribution < 1.29 is 24.2 Å². The normalized spacial score (nSPS) is 18.0. The minimum atomic E-state index is -0.880. The minimum absolute atomic E-state index is 0.0976. The van der Waals surface area contributed by atoms with E-state index < -0.39 is 17.4 Å². The van der Waals surface area contributed by atoms with Gasteiger partial charge >= 0.3 is 11.8 Å². The smallest absolute Gasteiger partial charge is 0.313 e. The summed E-state index contributed by atoms with van der Waals surface area (Å²) < 4.78 is 10.4. The van der Waals surface area contributed by atoms with Crippen molar-refractivity contribution in [1.82, 2.24) is 5.32 Å². The zero-order valence-electron chi connectivity index (χ0n) is 12.1. The van der Waals surface area contributed by atoms with Crippen molar-refractivity contribution in [2.75, 3.05) is 18.7 Å². The zero-order valence-corrected chi connectivity index (χ0v) is 12.1. The maximum absolute atomic E-state index is 11.8. The summed E-state index contributed by atoms with van der Waals surface area (Å²) >= 11 is 0. The predicted molar refractivity (Wildman–Crippen MR) is 77.6 cm³/mol. The topological polar surface area (TPSA) is 96.9 Å². The van der Waals surface area contributed by atoms with E-state index in [1.807, 2.05) is 0 Å². The van der Waals surface area contributed by atoms with Crippen LogP contribution in [0.15, 0.2) is 18.2 Å². The van der Waals surface area contributed by atoms with Crippen LogP contribution in [0.25, 0.3) is 0 Å². The van der Waals surface area contributed by atoms with E-state index in [1.165, 1.54) is 0 Å². The van der Waals surface area contributed by atoms with E-state index >= 15 is 0 Å². The van der Waals surface area contributed by atoms with Crippen molar-refractivity contribution in [3.05, 3.63) is 18.2 Å². The van der Waals surface area contributed by atoms with E-state index in [0.717, 1.165) is 12.8 Å². The fourth-order valence-electron chi connectivity index (χ4n) is 2.70. The van der Waals surface area contributed by atoms with Gasteiger partial charge in [-0.15, -0.1) is 0 Å². The number of hydrogen-bond acceptors (Lipinski definition) is 5. The molecule has 1 heterocycles. The highest BCUT2D eigenvalue weighted by molar-refractivity contribution is 6.39. The third kappa shape index (κ3) is 3.14. The second-order valence-electron chi connectivity index (χ2n) is 5.64. The van der Waals surface area contributed by atoms with E-state index in [-0.39, 0.29) is 13.3 Å². The molecule has 2 amide bonds. The van der Waals surface area contributed by atoms with Crippen molar-refractivity contribution in [2.24, 2.45) is 0 Å². The van der Waals surface area contributed by atoms with Crippen LogP contribution in [-0.2, 0) is 9.59 Å². The van der Waals surface area contributed by atoms with Gasteiger partial charge in [0.15, 0.2) is 11.5 Å². The molecule has 22 heavy (non-hydrogen) atoms. The largest absolute Gasteiger partial charge is 0.454 e. The van der Waals surface area contributed by atoms with E-state index in [2.05, 4.69) is 10.6 Å². The number of hydrogen-bond donors (Lipinski definition) is 3. The van der Waals surface area contributed by atoms with Gasteiger partial charge in [0, 0.05) is 18.3 Å². The molecule has 0 atom stereocenters. The minimum Gasteiger partial charge on any atom is -0.454 e. The highest BCUT2D eigenvalue weighted by Crippen LogP contribution is 2.34. The van der Waals surface area contributed by atoms with E-state index in [0.29, 0.717) is 30.0 Å². The molecule has 1 aromatic carbocycles. The van der Waals surface area contributed by atoms with E-state index in [9.17, 15) is 14.7 Å². The van der Waals surface area contributed by atoms with Gasteiger partial charge in [0.2, 0.25) is 6.79 Å². The molecule has 0 radical (unpaired) electrons. The average molecular weight is 306 g/mol. The van der Waals surface area contributed by atoms with Gasteiger partial charge in [0.25, 0.3) is 0 Å². The van der Waals surface area contributed by atoms with Crippen LogP contribution in [0.1, 0.15) is 25.7 Å². The molecule has 7 heteroatoms. The van der Waals surface area contributed by atoms with Crippen molar-refractivity contribution >= 4 is 17.5 Å². The van der Waals surface area contributed by atoms with Crippen molar-refractivity contribution in [2.45, 2.75) is 31.3 Å². The number of amides is 2. The Bertz CT molecular complexity index is 596. The third-order valence-corrected chi connectivity index (χ3v) is 3.95. The summed E-state index contributed by atoms with van der Waals surface area (Å²) in [5.41, 5.74) is -0.432. The summed E-state index contributed by atoms with van der Waals surface area (Å²) in [5.74, 6) is -0.414. The number of anilines is 1. The fraction of sp³-hybridized carbons (Fsp3) is 0.467. The van der Waals surface area contributed by atoms with Gasteiger partial charge < -0.3 is 25.2 Å².